The average molecular weight is 217 g/mol. The summed E-state index contributed by atoms with van der Waals surface area (Å²) in [6, 6.07) is 9.61. The lowest BCUT2D eigenvalue weighted by Gasteiger charge is -2.18. The van der Waals surface area contributed by atoms with E-state index in [1.807, 2.05) is 30.3 Å². The zero-order chi connectivity index (χ0) is 11.2. The molecule has 1 aromatic rings. The zero-order valence-electron chi connectivity index (χ0n) is 9.69. The third-order valence-electron chi connectivity index (χ3n) is 3.16. The molecule has 1 fully saturated rings. The molecule has 86 valence electrons. The summed E-state index contributed by atoms with van der Waals surface area (Å²) in [5, 5.41) is 0. The molecular formula is C14H19NO. The van der Waals surface area contributed by atoms with Crippen LogP contribution in [0.2, 0.25) is 0 Å². The summed E-state index contributed by atoms with van der Waals surface area (Å²) in [4.78, 5) is 14.3. The van der Waals surface area contributed by atoms with E-state index in [0.717, 1.165) is 18.7 Å². The van der Waals surface area contributed by atoms with Gasteiger partial charge >= 0.3 is 0 Å². The van der Waals surface area contributed by atoms with Gasteiger partial charge in [0.2, 0.25) is 0 Å². The van der Waals surface area contributed by atoms with Crippen LogP contribution in [0.3, 0.4) is 0 Å². The van der Waals surface area contributed by atoms with Gasteiger partial charge in [0.15, 0.2) is 5.78 Å². The van der Waals surface area contributed by atoms with Crippen LogP contribution in [0.4, 0.5) is 0 Å². The third kappa shape index (κ3) is 3.17. The van der Waals surface area contributed by atoms with Gasteiger partial charge in [0.25, 0.3) is 0 Å². The van der Waals surface area contributed by atoms with Gasteiger partial charge in [-0.15, -0.1) is 0 Å². The zero-order valence-corrected chi connectivity index (χ0v) is 9.69. The summed E-state index contributed by atoms with van der Waals surface area (Å²) in [5.41, 5.74) is 0.840. The largest absolute Gasteiger partial charge is 0.296 e. The monoisotopic (exact) mass is 217 g/mol. The Kier molecular flexibility index (Phi) is 4.11. The smallest absolute Gasteiger partial charge is 0.176 e. The third-order valence-corrected chi connectivity index (χ3v) is 3.16. The van der Waals surface area contributed by atoms with Crippen molar-refractivity contribution in [3.05, 3.63) is 35.9 Å². The number of ketones is 1. The van der Waals surface area contributed by atoms with E-state index < -0.39 is 0 Å². The van der Waals surface area contributed by atoms with Gasteiger partial charge in [-0.1, -0.05) is 43.2 Å². The summed E-state index contributed by atoms with van der Waals surface area (Å²) >= 11 is 0. The first-order valence-electron chi connectivity index (χ1n) is 6.17. The van der Waals surface area contributed by atoms with Crippen LogP contribution >= 0.6 is 0 Å². The Balaban J connectivity index is 1.91. The second-order valence-electron chi connectivity index (χ2n) is 4.48. The van der Waals surface area contributed by atoms with Crippen molar-refractivity contribution >= 4 is 5.78 Å². The van der Waals surface area contributed by atoms with Crippen molar-refractivity contribution in [1.29, 1.82) is 0 Å². The second kappa shape index (κ2) is 5.80. The van der Waals surface area contributed by atoms with Crippen LogP contribution in [0.15, 0.2) is 30.3 Å². The van der Waals surface area contributed by atoms with Crippen molar-refractivity contribution in [2.45, 2.75) is 25.7 Å². The van der Waals surface area contributed by atoms with Crippen LogP contribution in [-0.2, 0) is 0 Å². The molecule has 0 spiro atoms. The van der Waals surface area contributed by atoms with Crippen LogP contribution in [0.1, 0.15) is 36.0 Å². The maximum Gasteiger partial charge on any atom is 0.176 e. The first kappa shape index (κ1) is 11.3. The van der Waals surface area contributed by atoms with E-state index in [-0.39, 0.29) is 5.78 Å². The highest BCUT2D eigenvalue weighted by Crippen LogP contribution is 2.10. The first-order valence-corrected chi connectivity index (χ1v) is 6.17. The lowest BCUT2D eigenvalue weighted by Crippen LogP contribution is -2.30. The van der Waals surface area contributed by atoms with Gasteiger partial charge in [-0.05, 0) is 25.9 Å². The Hall–Kier alpha value is -1.15. The second-order valence-corrected chi connectivity index (χ2v) is 4.48. The Morgan fingerprint density at radius 2 is 1.62 bits per heavy atom. The minimum absolute atomic E-state index is 0.252. The highest BCUT2D eigenvalue weighted by atomic mass is 16.1. The summed E-state index contributed by atoms with van der Waals surface area (Å²) < 4.78 is 0. The van der Waals surface area contributed by atoms with Gasteiger partial charge in [0, 0.05) is 5.56 Å². The number of nitrogens with zero attached hydrogens (tertiary/aromatic N) is 1. The first-order chi connectivity index (χ1) is 7.86. The van der Waals surface area contributed by atoms with Gasteiger partial charge < -0.3 is 0 Å². The molecule has 2 heteroatoms. The van der Waals surface area contributed by atoms with Crippen LogP contribution in [0.25, 0.3) is 0 Å². The number of likely N-dealkylation sites (tertiary alicyclic amines) is 1. The molecule has 0 unspecified atom stereocenters. The summed E-state index contributed by atoms with van der Waals surface area (Å²) in [6.07, 6.45) is 5.11. The lowest BCUT2D eigenvalue weighted by atomic mass is 10.1. The number of hydrogen-bond donors (Lipinski definition) is 0. The van der Waals surface area contributed by atoms with E-state index in [1.165, 1.54) is 25.7 Å². The highest BCUT2D eigenvalue weighted by Gasteiger charge is 2.13. The van der Waals surface area contributed by atoms with Crippen molar-refractivity contribution in [2.24, 2.45) is 0 Å². The lowest BCUT2D eigenvalue weighted by molar-refractivity contribution is 0.0933. The van der Waals surface area contributed by atoms with Gasteiger partial charge in [-0.2, -0.15) is 0 Å². The average Bonchev–Trinajstić information content (AvgIpc) is 2.59. The Morgan fingerprint density at radius 1 is 1.00 bits per heavy atom. The van der Waals surface area contributed by atoms with E-state index in [2.05, 4.69) is 4.90 Å². The van der Waals surface area contributed by atoms with Gasteiger partial charge in [-0.25, -0.2) is 0 Å². The molecule has 0 N–H and O–H groups in total. The fourth-order valence-corrected chi connectivity index (χ4v) is 2.21. The minimum atomic E-state index is 0.252. The normalized spacial score (nSPS) is 18.0. The maximum atomic E-state index is 12.0. The Morgan fingerprint density at radius 3 is 2.25 bits per heavy atom. The number of carbonyl (C=O) groups excluding carboxylic acids is 1. The van der Waals surface area contributed by atoms with Gasteiger partial charge in [0.05, 0.1) is 6.54 Å². The SMILES string of the molecule is O=C(CN1CCCCCC1)c1ccccc1. The maximum absolute atomic E-state index is 12.0. The molecule has 0 atom stereocenters. The van der Waals surface area contributed by atoms with Crippen LogP contribution in [0, 0.1) is 0 Å². The Labute approximate surface area is 97.3 Å². The van der Waals surface area contributed by atoms with Crippen LogP contribution in [-0.4, -0.2) is 30.3 Å². The number of hydrogen-bond acceptors (Lipinski definition) is 2. The van der Waals surface area contributed by atoms with Crippen molar-refractivity contribution in [2.75, 3.05) is 19.6 Å². The van der Waals surface area contributed by atoms with Crippen LogP contribution in [0.5, 0.6) is 0 Å². The number of Topliss-reactive ketones (excluding diaryl/α,β-unsaturated/α-hetero) is 1. The highest BCUT2D eigenvalue weighted by molar-refractivity contribution is 5.97. The molecule has 0 bridgehead atoms. The minimum Gasteiger partial charge on any atom is -0.296 e. The fourth-order valence-electron chi connectivity index (χ4n) is 2.21. The Bertz CT molecular complexity index is 326. The molecule has 1 aliphatic heterocycles. The quantitative estimate of drug-likeness (QED) is 0.726. The van der Waals surface area contributed by atoms with Crippen molar-refractivity contribution in [1.82, 2.24) is 4.90 Å². The molecule has 2 rings (SSSR count). The van der Waals surface area contributed by atoms with Crippen LogP contribution < -0.4 is 0 Å². The van der Waals surface area contributed by atoms with E-state index in [0.29, 0.717) is 6.54 Å². The van der Waals surface area contributed by atoms with E-state index >= 15 is 0 Å². The molecule has 0 aliphatic carbocycles. The summed E-state index contributed by atoms with van der Waals surface area (Å²) in [6.45, 7) is 2.75. The molecule has 0 saturated carbocycles. The molecule has 1 heterocycles. The molecule has 2 nitrogen and oxygen atoms in total. The predicted molar refractivity (Wildman–Crippen MR) is 65.7 cm³/mol. The van der Waals surface area contributed by atoms with E-state index in [4.69, 9.17) is 0 Å². The standard InChI is InChI=1S/C14H19NO/c16-14(13-8-4-3-5-9-13)12-15-10-6-1-2-7-11-15/h3-5,8-9H,1-2,6-7,10-12H2. The number of carbonyl (C=O) groups is 1. The molecule has 1 saturated heterocycles. The molecule has 1 aliphatic rings. The topological polar surface area (TPSA) is 20.3 Å². The molecule has 0 amide bonds. The number of rotatable bonds is 3. The van der Waals surface area contributed by atoms with Gasteiger partial charge in [0.1, 0.15) is 0 Å². The molecule has 0 aromatic heterocycles. The van der Waals surface area contributed by atoms with E-state index in [9.17, 15) is 4.79 Å². The van der Waals surface area contributed by atoms with E-state index in [1.54, 1.807) is 0 Å². The van der Waals surface area contributed by atoms with Crippen molar-refractivity contribution in [3.63, 3.8) is 0 Å². The summed E-state index contributed by atoms with van der Waals surface area (Å²) in [7, 11) is 0. The molecular weight excluding hydrogens is 198 g/mol. The molecule has 1 aromatic carbocycles. The van der Waals surface area contributed by atoms with Crippen molar-refractivity contribution in [3.8, 4) is 0 Å². The summed E-state index contributed by atoms with van der Waals surface area (Å²) in [5.74, 6) is 0.252. The molecule has 0 radical (unpaired) electrons. The fraction of sp³-hybridized carbons (Fsp3) is 0.500. The number of benzene rings is 1. The molecule has 16 heavy (non-hydrogen) atoms. The predicted octanol–water partition coefficient (Wildman–Crippen LogP) is 2.75. The van der Waals surface area contributed by atoms with Gasteiger partial charge in [-0.3, -0.25) is 9.69 Å². The van der Waals surface area contributed by atoms with Crippen molar-refractivity contribution < 1.29 is 4.79 Å².